The molecular weight excluding hydrogens is 365 g/mol. The third kappa shape index (κ3) is 4.74. The molecule has 1 amide bonds. The van der Waals surface area contributed by atoms with Crippen LogP contribution in [0.2, 0.25) is 5.02 Å². The Balaban J connectivity index is 1.73. The van der Waals surface area contributed by atoms with Gasteiger partial charge in [-0.05, 0) is 48.2 Å². The van der Waals surface area contributed by atoms with Crippen molar-refractivity contribution in [3.63, 3.8) is 0 Å². The molecule has 1 atom stereocenters. The van der Waals surface area contributed by atoms with Crippen LogP contribution in [-0.2, 0) is 18.3 Å². The largest absolute Gasteiger partial charge is 0.342 e. The van der Waals surface area contributed by atoms with Crippen LogP contribution in [0.15, 0.2) is 54.9 Å². The van der Waals surface area contributed by atoms with Crippen LogP contribution in [0.4, 0.5) is 4.39 Å². The number of nitrogens with zero attached hydrogens (tertiary/aromatic N) is 2. The maximum atomic E-state index is 13.3. The van der Waals surface area contributed by atoms with E-state index in [2.05, 4.69) is 10.3 Å². The van der Waals surface area contributed by atoms with E-state index in [9.17, 15) is 9.18 Å². The summed E-state index contributed by atoms with van der Waals surface area (Å²) in [5.74, 6) is 0.261. The highest BCUT2D eigenvalue weighted by atomic mass is 35.5. The lowest BCUT2D eigenvalue weighted by Crippen LogP contribution is -2.31. The number of benzene rings is 2. The number of carbonyl (C=O) groups excluding carboxylic acids is 1. The zero-order valence-electron chi connectivity index (χ0n) is 15.2. The molecular formula is C21H21ClFN3O. The second kappa shape index (κ2) is 8.35. The second-order valence-corrected chi connectivity index (χ2v) is 6.94. The Morgan fingerprint density at radius 1 is 1.26 bits per heavy atom. The molecule has 0 saturated carbocycles. The summed E-state index contributed by atoms with van der Waals surface area (Å²) < 4.78 is 15.1. The summed E-state index contributed by atoms with van der Waals surface area (Å²) >= 11 is 6.15. The van der Waals surface area contributed by atoms with Gasteiger partial charge in [0.15, 0.2) is 0 Å². The van der Waals surface area contributed by atoms with Crippen LogP contribution in [0.5, 0.6) is 0 Å². The number of rotatable bonds is 6. The molecule has 1 unspecified atom stereocenters. The molecule has 0 radical (unpaired) electrons. The fourth-order valence-corrected chi connectivity index (χ4v) is 3.09. The molecule has 0 saturated heterocycles. The van der Waals surface area contributed by atoms with Crippen molar-refractivity contribution in [3.05, 3.63) is 88.2 Å². The lowest BCUT2D eigenvalue weighted by atomic mass is 10.0. The summed E-state index contributed by atoms with van der Waals surface area (Å²) in [5, 5.41) is 3.71. The lowest BCUT2D eigenvalue weighted by molar-refractivity contribution is -0.121. The van der Waals surface area contributed by atoms with E-state index in [0.29, 0.717) is 23.7 Å². The minimum absolute atomic E-state index is 0.107. The molecule has 4 nitrogen and oxygen atoms in total. The fourth-order valence-electron chi connectivity index (χ4n) is 2.89. The molecule has 0 spiro atoms. The Kier molecular flexibility index (Phi) is 5.91. The number of halogens is 2. The van der Waals surface area contributed by atoms with Crippen molar-refractivity contribution in [2.45, 2.75) is 25.8 Å². The molecule has 0 bridgehead atoms. The second-order valence-electron chi connectivity index (χ2n) is 6.53. The number of aryl methyl sites for hydroxylation is 3. The van der Waals surface area contributed by atoms with Gasteiger partial charge in [-0.25, -0.2) is 9.37 Å². The minimum Gasteiger partial charge on any atom is -0.342 e. The number of hydrogen-bond donors (Lipinski definition) is 1. The van der Waals surface area contributed by atoms with E-state index < -0.39 is 6.04 Å². The summed E-state index contributed by atoms with van der Waals surface area (Å²) in [6.45, 7) is 1.94. The Bertz CT molecular complexity index is 937. The van der Waals surface area contributed by atoms with Crippen LogP contribution in [0, 0.1) is 12.7 Å². The zero-order chi connectivity index (χ0) is 19.4. The van der Waals surface area contributed by atoms with E-state index in [1.807, 2.05) is 42.9 Å². The van der Waals surface area contributed by atoms with Gasteiger partial charge in [0.05, 0.1) is 0 Å². The van der Waals surface area contributed by atoms with Gasteiger partial charge < -0.3 is 9.88 Å². The van der Waals surface area contributed by atoms with Crippen molar-refractivity contribution in [2.75, 3.05) is 0 Å². The van der Waals surface area contributed by atoms with Crippen LogP contribution < -0.4 is 5.32 Å². The average Bonchev–Trinajstić information content (AvgIpc) is 3.07. The Hall–Kier alpha value is -2.66. The predicted molar refractivity (Wildman–Crippen MR) is 104 cm³/mol. The van der Waals surface area contributed by atoms with Crippen molar-refractivity contribution >= 4 is 17.5 Å². The number of carbonyl (C=O) groups is 1. The molecule has 1 N–H and O–H groups in total. The van der Waals surface area contributed by atoms with Gasteiger partial charge in [-0.15, -0.1) is 0 Å². The first-order valence-electron chi connectivity index (χ1n) is 8.71. The first-order chi connectivity index (χ1) is 12.9. The van der Waals surface area contributed by atoms with Gasteiger partial charge in [-0.3, -0.25) is 4.79 Å². The Labute approximate surface area is 163 Å². The third-order valence-electron chi connectivity index (χ3n) is 4.50. The zero-order valence-corrected chi connectivity index (χ0v) is 16.0. The molecule has 27 heavy (non-hydrogen) atoms. The van der Waals surface area contributed by atoms with Gasteiger partial charge in [-0.1, -0.05) is 35.9 Å². The first kappa shape index (κ1) is 19.1. The maximum Gasteiger partial charge on any atom is 0.221 e. The Morgan fingerprint density at radius 3 is 2.63 bits per heavy atom. The predicted octanol–water partition coefficient (Wildman–Crippen LogP) is 4.36. The molecule has 0 aliphatic rings. The first-order valence-corrected chi connectivity index (χ1v) is 9.09. The van der Waals surface area contributed by atoms with Crippen LogP contribution >= 0.6 is 11.6 Å². The highest BCUT2D eigenvalue weighted by Crippen LogP contribution is 2.22. The fraction of sp³-hybridized carbons (Fsp3) is 0.238. The van der Waals surface area contributed by atoms with Crippen molar-refractivity contribution < 1.29 is 9.18 Å². The minimum atomic E-state index is -0.445. The van der Waals surface area contributed by atoms with Gasteiger partial charge in [0.25, 0.3) is 0 Å². The molecule has 1 aromatic heterocycles. The van der Waals surface area contributed by atoms with Crippen LogP contribution in [0.1, 0.15) is 35.0 Å². The summed E-state index contributed by atoms with van der Waals surface area (Å²) in [6, 6.07) is 11.5. The highest BCUT2D eigenvalue weighted by molar-refractivity contribution is 6.31. The SMILES string of the molecule is Cc1ccc(CCC(=O)NC(c2ccc(F)cc2)c2nccn2C)cc1Cl. The van der Waals surface area contributed by atoms with Crippen molar-refractivity contribution in [1.82, 2.24) is 14.9 Å². The summed E-state index contributed by atoms with van der Waals surface area (Å²) in [6.07, 6.45) is 4.39. The summed E-state index contributed by atoms with van der Waals surface area (Å²) in [4.78, 5) is 16.9. The molecule has 0 aliphatic carbocycles. The van der Waals surface area contributed by atoms with Gasteiger partial charge in [0, 0.05) is 30.9 Å². The normalized spacial score (nSPS) is 12.0. The summed E-state index contributed by atoms with van der Waals surface area (Å²) in [7, 11) is 1.86. The topological polar surface area (TPSA) is 46.9 Å². The summed E-state index contributed by atoms with van der Waals surface area (Å²) in [5.41, 5.74) is 2.80. The van der Waals surface area contributed by atoms with E-state index in [4.69, 9.17) is 11.6 Å². The van der Waals surface area contributed by atoms with Crippen molar-refractivity contribution in [1.29, 1.82) is 0 Å². The van der Waals surface area contributed by atoms with E-state index in [-0.39, 0.29) is 11.7 Å². The number of hydrogen-bond acceptors (Lipinski definition) is 2. The van der Waals surface area contributed by atoms with E-state index in [1.165, 1.54) is 12.1 Å². The standard InChI is InChI=1S/C21H21ClFN3O/c1-14-3-4-15(13-18(14)22)5-10-19(27)25-20(21-24-11-12-26(21)2)16-6-8-17(23)9-7-16/h3-4,6-9,11-13,20H,5,10H2,1-2H3,(H,25,27). The molecule has 2 aromatic carbocycles. The average molecular weight is 386 g/mol. The monoisotopic (exact) mass is 385 g/mol. The highest BCUT2D eigenvalue weighted by Gasteiger charge is 2.20. The van der Waals surface area contributed by atoms with Gasteiger partial charge in [-0.2, -0.15) is 0 Å². The van der Waals surface area contributed by atoms with Crippen LogP contribution in [0.25, 0.3) is 0 Å². The van der Waals surface area contributed by atoms with E-state index >= 15 is 0 Å². The van der Waals surface area contributed by atoms with Gasteiger partial charge in [0.1, 0.15) is 17.7 Å². The lowest BCUT2D eigenvalue weighted by Gasteiger charge is -2.19. The molecule has 0 fully saturated rings. The molecule has 1 heterocycles. The van der Waals surface area contributed by atoms with Crippen LogP contribution in [-0.4, -0.2) is 15.5 Å². The van der Waals surface area contributed by atoms with Gasteiger partial charge in [0.2, 0.25) is 5.91 Å². The molecule has 140 valence electrons. The molecule has 3 aromatic rings. The molecule has 6 heteroatoms. The quantitative estimate of drug-likeness (QED) is 0.685. The smallest absolute Gasteiger partial charge is 0.221 e. The number of aromatic nitrogens is 2. The van der Waals surface area contributed by atoms with E-state index in [0.717, 1.165) is 16.7 Å². The third-order valence-corrected chi connectivity index (χ3v) is 4.91. The number of imidazole rings is 1. The van der Waals surface area contributed by atoms with Gasteiger partial charge >= 0.3 is 0 Å². The number of amides is 1. The number of nitrogens with one attached hydrogen (secondary N) is 1. The van der Waals surface area contributed by atoms with Crippen molar-refractivity contribution in [3.8, 4) is 0 Å². The Morgan fingerprint density at radius 2 is 2.00 bits per heavy atom. The van der Waals surface area contributed by atoms with Crippen molar-refractivity contribution in [2.24, 2.45) is 7.05 Å². The maximum absolute atomic E-state index is 13.3. The van der Waals surface area contributed by atoms with E-state index in [1.54, 1.807) is 18.3 Å². The van der Waals surface area contributed by atoms with Crippen LogP contribution in [0.3, 0.4) is 0 Å². The molecule has 3 rings (SSSR count). The molecule has 0 aliphatic heterocycles.